The molecule has 0 aromatic rings. The summed E-state index contributed by atoms with van der Waals surface area (Å²) in [6.45, 7) is 5.04. The maximum atomic E-state index is 2.60. The molecular weight excluding hydrogens is 220 g/mol. The van der Waals surface area contributed by atoms with Gasteiger partial charge in [-0.2, -0.15) is 0 Å². The van der Waals surface area contributed by atoms with Gasteiger partial charge < -0.3 is 0 Å². The molecule has 0 aliphatic heterocycles. The van der Waals surface area contributed by atoms with E-state index in [4.69, 9.17) is 0 Å². The van der Waals surface area contributed by atoms with Gasteiger partial charge in [-0.25, -0.2) is 0 Å². The van der Waals surface area contributed by atoms with Gasteiger partial charge in [-0.05, 0) is 11.1 Å². The Morgan fingerprint density at radius 1 is 0.824 bits per heavy atom. The molecular formula is C16H32Si. The molecule has 2 fully saturated rings. The third-order valence-corrected chi connectivity index (χ3v) is 11.0. The van der Waals surface area contributed by atoms with Crippen LogP contribution in [0.15, 0.2) is 0 Å². The van der Waals surface area contributed by atoms with E-state index in [0.717, 1.165) is 5.54 Å². The van der Waals surface area contributed by atoms with Crippen LogP contribution < -0.4 is 0 Å². The van der Waals surface area contributed by atoms with E-state index in [-0.39, 0.29) is 0 Å². The topological polar surface area (TPSA) is 0 Å². The molecule has 2 aliphatic rings. The Morgan fingerprint density at radius 3 is 1.59 bits per heavy atom. The van der Waals surface area contributed by atoms with Gasteiger partial charge in [-0.15, -0.1) is 0 Å². The molecule has 0 radical (unpaired) electrons. The Labute approximate surface area is 110 Å². The summed E-state index contributed by atoms with van der Waals surface area (Å²) in [6, 6.07) is 0. The highest BCUT2D eigenvalue weighted by Gasteiger charge is 2.35. The molecule has 1 unspecified atom stereocenters. The number of hydrogen-bond acceptors (Lipinski definition) is 0. The van der Waals surface area contributed by atoms with Gasteiger partial charge in [0.15, 0.2) is 0 Å². The van der Waals surface area contributed by atoms with E-state index in [9.17, 15) is 0 Å². The van der Waals surface area contributed by atoms with Crippen LogP contribution in [0.3, 0.4) is 0 Å². The Bertz CT molecular complexity index is 184. The van der Waals surface area contributed by atoms with Gasteiger partial charge in [0.1, 0.15) is 0 Å². The minimum atomic E-state index is -0.491. The van der Waals surface area contributed by atoms with E-state index >= 15 is 0 Å². The van der Waals surface area contributed by atoms with Crippen molar-refractivity contribution in [3.8, 4) is 0 Å². The Morgan fingerprint density at radius 2 is 1.24 bits per heavy atom. The molecule has 0 aromatic heterocycles. The van der Waals surface area contributed by atoms with Gasteiger partial charge in [0.25, 0.3) is 0 Å². The summed E-state index contributed by atoms with van der Waals surface area (Å²) in [6.07, 6.45) is 17.2. The molecule has 0 saturated heterocycles. The normalized spacial score (nSPS) is 26.3. The number of rotatable bonds is 4. The summed E-state index contributed by atoms with van der Waals surface area (Å²) in [7, 11) is -0.491. The highest BCUT2D eigenvalue weighted by atomic mass is 28.3. The molecule has 0 N–H and O–H groups in total. The second-order valence-electron chi connectivity index (χ2n) is 6.76. The van der Waals surface area contributed by atoms with Crippen LogP contribution in [0.5, 0.6) is 0 Å². The third-order valence-electron chi connectivity index (χ3n) is 5.69. The summed E-state index contributed by atoms with van der Waals surface area (Å²) in [5, 5.41) is 0. The van der Waals surface area contributed by atoms with Crippen molar-refractivity contribution in [1.29, 1.82) is 0 Å². The first kappa shape index (κ1) is 13.6. The second kappa shape index (κ2) is 6.97. The molecule has 0 bridgehead atoms. The predicted octanol–water partition coefficient (Wildman–Crippen LogP) is 5.68. The van der Waals surface area contributed by atoms with Crippen LogP contribution in [-0.2, 0) is 0 Å². The summed E-state index contributed by atoms with van der Waals surface area (Å²) in [5.74, 6) is 0. The summed E-state index contributed by atoms with van der Waals surface area (Å²) >= 11 is 0. The molecule has 2 rings (SSSR count). The fraction of sp³-hybridized carbons (Fsp3) is 1.00. The van der Waals surface area contributed by atoms with Crippen molar-refractivity contribution in [3.05, 3.63) is 0 Å². The van der Waals surface area contributed by atoms with Crippen molar-refractivity contribution in [1.82, 2.24) is 0 Å². The van der Waals surface area contributed by atoms with Crippen molar-refractivity contribution in [3.63, 3.8) is 0 Å². The van der Waals surface area contributed by atoms with Crippen LogP contribution >= 0.6 is 0 Å². The van der Waals surface area contributed by atoms with Crippen molar-refractivity contribution >= 4 is 8.80 Å². The van der Waals surface area contributed by atoms with Gasteiger partial charge in [0.05, 0.1) is 0 Å². The van der Waals surface area contributed by atoms with Crippen LogP contribution in [0.1, 0.15) is 84.5 Å². The largest absolute Gasteiger partial charge is 0.0654 e. The summed E-state index contributed by atoms with van der Waals surface area (Å²) in [4.78, 5) is 0. The minimum absolute atomic E-state index is 0.491. The van der Waals surface area contributed by atoms with Gasteiger partial charge in [0.2, 0.25) is 0 Å². The fourth-order valence-corrected chi connectivity index (χ4v) is 10.3. The van der Waals surface area contributed by atoms with Crippen molar-refractivity contribution < 1.29 is 0 Å². The van der Waals surface area contributed by atoms with Crippen LogP contribution in [0.2, 0.25) is 16.6 Å². The van der Waals surface area contributed by atoms with Crippen LogP contribution in [0, 0.1) is 0 Å². The zero-order chi connectivity index (χ0) is 12.1. The molecule has 1 atom stereocenters. The van der Waals surface area contributed by atoms with Gasteiger partial charge in [-0.3, -0.25) is 0 Å². The molecule has 0 nitrogen and oxygen atoms in total. The fourth-order valence-electron chi connectivity index (χ4n) is 4.62. The zero-order valence-electron chi connectivity index (χ0n) is 12.1. The maximum absolute atomic E-state index is 2.60. The highest BCUT2D eigenvalue weighted by Crippen LogP contribution is 2.46. The first-order valence-electron chi connectivity index (χ1n) is 8.33. The Balaban J connectivity index is 2.00. The smallest absolute Gasteiger partial charge is 0.0458 e. The molecule has 0 aromatic carbocycles. The van der Waals surface area contributed by atoms with E-state index in [1.54, 1.807) is 51.4 Å². The quantitative estimate of drug-likeness (QED) is 0.564. The second-order valence-corrected chi connectivity index (χ2v) is 10.9. The average molecular weight is 253 g/mol. The Kier molecular flexibility index (Phi) is 5.59. The third kappa shape index (κ3) is 3.59. The van der Waals surface area contributed by atoms with Gasteiger partial charge >= 0.3 is 0 Å². The zero-order valence-corrected chi connectivity index (χ0v) is 13.2. The molecule has 100 valence electrons. The first-order chi connectivity index (χ1) is 8.33. The molecule has 1 heteroatoms. The standard InChI is InChI=1S/C16H32Si/c1-3-14(2)17(15-10-6-4-7-11-15)16-12-8-5-9-13-16/h14-17H,3-13H2,1-2H3. The Hall–Kier alpha value is 0.217. The summed E-state index contributed by atoms with van der Waals surface area (Å²) < 4.78 is 0. The lowest BCUT2D eigenvalue weighted by Gasteiger charge is -2.40. The molecule has 2 saturated carbocycles. The predicted molar refractivity (Wildman–Crippen MR) is 80.5 cm³/mol. The van der Waals surface area contributed by atoms with E-state index in [1.807, 2.05) is 0 Å². The van der Waals surface area contributed by atoms with Crippen LogP contribution in [-0.4, -0.2) is 8.80 Å². The SMILES string of the molecule is CCC(C)[SiH](C1CCCCC1)C1CCCCC1. The van der Waals surface area contributed by atoms with Crippen molar-refractivity contribution in [2.24, 2.45) is 0 Å². The molecule has 0 spiro atoms. The number of hydrogen-bond donors (Lipinski definition) is 0. The highest BCUT2D eigenvalue weighted by molar-refractivity contribution is 6.63. The van der Waals surface area contributed by atoms with Crippen molar-refractivity contribution in [2.45, 2.75) is 101 Å². The lowest BCUT2D eigenvalue weighted by atomic mass is 9.99. The first-order valence-corrected chi connectivity index (χ1v) is 10.3. The lowest BCUT2D eigenvalue weighted by Crippen LogP contribution is -2.33. The van der Waals surface area contributed by atoms with Crippen molar-refractivity contribution in [2.75, 3.05) is 0 Å². The minimum Gasteiger partial charge on any atom is -0.0654 e. The molecule has 2 aliphatic carbocycles. The maximum Gasteiger partial charge on any atom is 0.0458 e. The lowest BCUT2D eigenvalue weighted by molar-refractivity contribution is 0.454. The average Bonchev–Trinajstić information content (AvgIpc) is 2.41. The van der Waals surface area contributed by atoms with E-state index in [1.165, 1.54) is 30.3 Å². The molecule has 0 heterocycles. The van der Waals surface area contributed by atoms with Gasteiger partial charge in [-0.1, -0.05) is 90.0 Å². The van der Waals surface area contributed by atoms with E-state index in [2.05, 4.69) is 13.8 Å². The van der Waals surface area contributed by atoms with E-state index < -0.39 is 8.80 Å². The monoisotopic (exact) mass is 252 g/mol. The van der Waals surface area contributed by atoms with E-state index in [0.29, 0.717) is 0 Å². The van der Waals surface area contributed by atoms with Gasteiger partial charge in [0, 0.05) is 8.80 Å². The van der Waals surface area contributed by atoms with Crippen LogP contribution in [0.25, 0.3) is 0 Å². The summed E-state index contributed by atoms with van der Waals surface area (Å²) in [5.41, 5.74) is 3.56. The molecule has 17 heavy (non-hydrogen) atoms. The van der Waals surface area contributed by atoms with Crippen LogP contribution in [0.4, 0.5) is 0 Å². The molecule has 0 amide bonds.